The molecule has 0 rings (SSSR count). The fraction of sp³-hybridized carbons (Fsp3) is 0.909. The van der Waals surface area contributed by atoms with Gasteiger partial charge in [-0.3, -0.25) is 4.79 Å². The Hall–Kier alpha value is -1.04. The summed E-state index contributed by atoms with van der Waals surface area (Å²) in [7, 11) is 0. The van der Waals surface area contributed by atoms with Crippen LogP contribution in [0, 0.1) is 11.3 Å². The predicted octanol–water partition coefficient (Wildman–Crippen LogP) is 7.09. The summed E-state index contributed by atoms with van der Waals surface area (Å²) in [4.78, 5) is 11.0. The molecule has 0 aliphatic carbocycles. The van der Waals surface area contributed by atoms with Crippen molar-refractivity contribution in [3.8, 4) is 6.07 Å². The molecule has 0 saturated carbocycles. The van der Waals surface area contributed by atoms with Gasteiger partial charge in [-0.05, 0) is 6.42 Å². The van der Waals surface area contributed by atoms with Crippen molar-refractivity contribution in [1.82, 2.24) is 0 Å². The van der Waals surface area contributed by atoms with Gasteiger partial charge in [-0.1, -0.05) is 110 Å². The zero-order valence-corrected chi connectivity index (χ0v) is 16.7. The molecule has 0 aromatic heterocycles. The maximum atomic E-state index is 11.0. The minimum Gasteiger partial charge on any atom is -0.465 e. The molecule has 0 aromatic rings. The van der Waals surface area contributed by atoms with E-state index in [0.29, 0.717) is 6.61 Å². The number of hydrogen-bond donors (Lipinski definition) is 0. The molecule has 0 aliphatic heterocycles. The lowest BCUT2D eigenvalue weighted by Gasteiger charge is -2.04. The molecule has 0 bridgehead atoms. The number of hydrogen-bond acceptors (Lipinski definition) is 3. The quantitative estimate of drug-likeness (QED) is 0.184. The van der Waals surface area contributed by atoms with Crippen LogP contribution in [-0.2, 0) is 9.53 Å². The van der Waals surface area contributed by atoms with E-state index in [-0.39, 0.29) is 12.4 Å². The lowest BCUT2D eigenvalue weighted by atomic mass is 10.0. The standard InChI is InChI=1S/C22H41NO2/c1-2-3-4-5-6-7-8-9-10-11-12-13-14-15-16-17-18-21-25-22(24)19-20-23/h2-19,21H2,1H3. The predicted molar refractivity (Wildman–Crippen MR) is 105 cm³/mol. The van der Waals surface area contributed by atoms with Crippen molar-refractivity contribution in [3.05, 3.63) is 0 Å². The van der Waals surface area contributed by atoms with Crippen molar-refractivity contribution >= 4 is 5.97 Å². The van der Waals surface area contributed by atoms with Gasteiger partial charge in [-0.2, -0.15) is 5.26 Å². The van der Waals surface area contributed by atoms with Crippen LogP contribution in [0.4, 0.5) is 0 Å². The van der Waals surface area contributed by atoms with Gasteiger partial charge in [0.15, 0.2) is 0 Å². The van der Waals surface area contributed by atoms with Gasteiger partial charge in [0.25, 0.3) is 0 Å². The molecule has 0 aromatic carbocycles. The SMILES string of the molecule is CCCCCCCCCCCCCCCCCCCOC(=O)CC#N. The third kappa shape index (κ3) is 20.9. The van der Waals surface area contributed by atoms with Gasteiger partial charge in [0.05, 0.1) is 12.7 Å². The molecule has 0 aliphatic rings. The molecule has 0 heterocycles. The molecular formula is C22H41NO2. The van der Waals surface area contributed by atoms with E-state index in [1.165, 1.54) is 96.3 Å². The Bertz CT molecular complexity index is 322. The second kappa shape index (κ2) is 21.0. The van der Waals surface area contributed by atoms with Crippen LogP contribution in [0.2, 0.25) is 0 Å². The molecule has 3 heteroatoms. The Labute approximate surface area is 156 Å². The van der Waals surface area contributed by atoms with Crippen molar-refractivity contribution in [2.75, 3.05) is 6.61 Å². The number of nitriles is 1. The first-order chi connectivity index (χ1) is 12.3. The van der Waals surface area contributed by atoms with Crippen LogP contribution in [0.25, 0.3) is 0 Å². The number of carbonyl (C=O) groups is 1. The van der Waals surface area contributed by atoms with Crippen molar-refractivity contribution in [3.63, 3.8) is 0 Å². The summed E-state index contributed by atoms with van der Waals surface area (Å²) < 4.78 is 4.95. The number of unbranched alkanes of at least 4 members (excludes halogenated alkanes) is 16. The van der Waals surface area contributed by atoms with E-state index in [0.717, 1.165) is 12.8 Å². The van der Waals surface area contributed by atoms with Crippen molar-refractivity contribution < 1.29 is 9.53 Å². The first-order valence-electron chi connectivity index (χ1n) is 10.8. The van der Waals surface area contributed by atoms with Crippen molar-refractivity contribution in [1.29, 1.82) is 5.26 Å². The van der Waals surface area contributed by atoms with E-state index >= 15 is 0 Å². The fourth-order valence-electron chi connectivity index (χ4n) is 3.13. The van der Waals surface area contributed by atoms with Crippen LogP contribution in [0.15, 0.2) is 0 Å². The summed E-state index contributed by atoms with van der Waals surface area (Å²) in [6, 6.07) is 1.80. The Balaban J connectivity index is 3.03. The molecule has 0 unspecified atom stereocenters. The van der Waals surface area contributed by atoms with Crippen LogP contribution in [0.3, 0.4) is 0 Å². The first kappa shape index (κ1) is 24.0. The molecule has 146 valence electrons. The Morgan fingerprint density at radius 1 is 0.680 bits per heavy atom. The smallest absolute Gasteiger partial charge is 0.320 e. The second-order valence-corrected chi connectivity index (χ2v) is 7.21. The lowest BCUT2D eigenvalue weighted by Crippen LogP contribution is -2.04. The van der Waals surface area contributed by atoms with Gasteiger partial charge >= 0.3 is 5.97 Å². The summed E-state index contributed by atoms with van der Waals surface area (Å²) in [6.07, 6.45) is 22.8. The third-order valence-electron chi connectivity index (χ3n) is 4.73. The number of ether oxygens (including phenoxy) is 1. The maximum absolute atomic E-state index is 11.0. The molecular weight excluding hydrogens is 310 g/mol. The topological polar surface area (TPSA) is 50.1 Å². The van der Waals surface area contributed by atoms with Crippen LogP contribution in [0.5, 0.6) is 0 Å². The lowest BCUT2D eigenvalue weighted by molar-refractivity contribution is -0.142. The fourth-order valence-corrected chi connectivity index (χ4v) is 3.13. The molecule has 0 atom stereocenters. The van der Waals surface area contributed by atoms with Crippen LogP contribution in [0.1, 0.15) is 122 Å². The monoisotopic (exact) mass is 351 g/mol. The molecule has 3 nitrogen and oxygen atoms in total. The number of carbonyl (C=O) groups excluding carboxylic acids is 1. The highest BCUT2D eigenvalue weighted by atomic mass is 16.5. The van der Waals surface area contributed by atoms with Crippen LogP contribution in [-0.4, -0.2) is 12.6 Å². The average Bonchev–Trinajstić information content (AvgIpc) is 2.61. The highest BCUT2D eigenvalue weighted by molar-refractivity contribution is 5.71. The van der Waals surface area contributed by atoms with Gasteiger partial charge in [-0.25, -0.2) is 0 Å². The number of nitrogens with zero attached hydrogens (tertiary/aromatic N) is 1. The summed E-state index contributed by atoms with van der Waals surface area (Å²) in [5.41, 5.74) is 0. The minimum atomic E-state index is -0.390. The first-order valence-corrected chi connectivity index (χ1v) is 10.8. The summed E-state index contributed by atoms with van der Waals surface area (Å²) >= 11 is 0. The van der Waals surface area contributed by atoms with Gasteiger partial charge < -0.3 is 4.74 Å². The van der Waals surface area contributed by atoms with Crippen LogP contribution < -0.4 is 0 Å². The minimum absolute atomic E-state index is 0.126. The summed E-state index contributed by atoms with van der Waals surface area (Å²) in [6.45, 7) is 2.75. The number of esters is 1. The molecule has 0 saturated heterocycles. The maximum Gasteiger partial charge on any atom is 0.320 e. The Morgan fingerprint density at radius 3 is 1.40 bits per heavy atom. The van der Waals surface area contributed by atoms with E-state index in [4.69, 9.17) is 10.00 Å². The molecule has 0 spiro atoms. The second-order valence-electron chi connectivity index (χ2n) is 7.21. The highest BCUT2D eigenvalue weighted by Gasteiger charge is 2.00. The Morgan fingerprint density at radius 2 is 1.04 bits per heavy atom. The van der Waals surface area contributed by atoms with E-state index in [1.54, 1.807) is 6.07 Å². The molecule has 0 radical (unpaired) electrons. The Kier molecular flexibility index (Phi) is 20.1. The van der Waals surface area contributed by atoms with Crippen molar-refractivity contribution in [2.24, 2.45) is 0 Å². The van der Waals surface area contributed by atoms with E-state index < -0.39 is 0 Å². The summed E-state index contributed by atoms with van der Waals surface area (Å²) in [5, 5.41) is 8.34. The van der Waals surface area contributed by atoms with Gasteiger partial charge in [0, 0.05) is 0 Å². The average molecular weight is 352 g/mol. The van der Waals surface area contributed by atoms with Crippen molar-refractivity contribution in [2.45, 2.75) is 122 Å². The molecule has 0 amide bonds. The highest BCUT2D eigenvalue weighted by Crippen LogP contribution is 2.14. The van der Waals surface area contributed by atoms with E-state index in [1.807, 2.05) is 0 Å². The third-order valence-corrected chi connectivity index (χ3v) is 4.73. The number of rotatable bonds is 19. The normalized spacial score (nSPS) is 10.6. The zero-order valence-electron chi connectivity index (χ0n) is 16.7. The molecule has 25 heavy (non-hydrogen) atoms. The largest absolute Gasteiger partial charge is 0.465 e. The van der Waals surface area contributed by atoms with Gasteiger partial charge in [-0.15, -0.1) is 0 Å². The van der Waals surface area contributed by atoms with E-state index in [9.17, 15) is 4.79 Å². The molecule has 0 fully saturated rings. The van der Waals surface area contributed by atoms with Crippen LogP contribution >= 0.6 is 0 Å². The molecule has 0 N–H and O–H groups in total. The van der Waals surface area contributed by atoms with E-state index in [2.05, 4.69) is 6.92 Å². The summed E-state index contributed by atoms with van der Waals surface area (Å²) in [5.74, 6) is -0.390. The zero-order chi connectivity index (χ0) is 18.4. The van der Waals surface area contributed by atoms with Gasteiger partial charge in [0.1, 0.15) is 6.42 Å². The van der Waals surface area contributed by atoms with Gasteiger partial charge in [0.2, 0.25) is 0 Å².